The molecule has 0 atom stereocenters. The van der Waals surface area contributed by atoms with Crippen molar-refractivity contribution in [2.24, 2.45) is 0 Å². The summed E-state index contributed by atoms with van der Waals surface area (Å²) in [6.45, 7) is -0.162. The smallest absolute Gasteiger partial charge is 0.262 e. The number of ketones is 1. The molecule has 0 saturated heterocycles. The van der Waals surface area contributed by atoms with Crippen LogP contribution in [-0.4, -0.2) is 24.9 Å². The van der Waals surface area contributed by atoms with Crippen molar-refractivity contribution in [3.05, 3.63) is 54.3 Å². The number of rotatable bonds is 4. The molecule has 6 nitrogen and oxygen atoms in total. The van der Waals surface area contributed by atoms with Crippen LogP contribution in [0.4, 0.5) is 5.69 Å². The normalized spacial score (nSPS) is 13.1. The monoisotopic (exact) mass is 323 g/mol. The first-order valence-electron chi connectivity index (χ1n) is 7.40. The Balaban J connectivity index is 1.47. The maximum atomic E-state index is 12.2. The Hall–Kier alpha value is -3.28. The summed E-state index contributed by atoms with van der Waals surface area (Å²) in [5.74, 6) is 0.808. The van der Waals surface area contributed by atoms with E-state index in [4.69, 9.17) is 13.9 Å². The van der Waals surface area contributed by atoms with Crippen LogP contribution in [0.15, 0.2) is 52.9 Å². The highest BCUT2D eigenvalue weighted by Crippen LogP contribution is 2.31. The maximum absolute atomic E-state index is 12.2. The Labute approximate surface area is 137 Å². The van der Waals surface area contributed by atoms with Crippen molar-refractivity contribution >= 4 is 28.3 Å². The molecule has 1 N–H and O–H groups in total. The fourth-order valence-corrected chi connectivity index (χ4v) is 2.49. The molecule has 24 heavy (non-hydrogen) atoms. The van der Waals surface area contributed by atoms with Crippen LogP contribution in [-0.2, 0) is 4.79 Å². The van der Waals surface area contributed by atoms with E-state index < -0.39 is 0 Å². The number of para-hydroxylation sites is 1. The predicted octanol–water partition coefficient (Wildman–Crippen LogP) is 3.03. The quantitative estimate of drug-likeness (QED) is 0.747. The lowest BCUT2D eigenvalue weighted by atomic mass is 10.2. The number of Topliss-reactive ketones (excluding diaryl/α,β-unsaturated/α-hetero) is 1. The second-order valence-corrected chi connectivity index (χ2v) is 5.36. The van der Waals surface area contributed by atoms with Gasteiger partial charge in [0.15, 0.2) is 19.0 Å². The second kappa shape index (κ2) is 5.73. The Morgan fingerprint density at radius 1 is 1.17 bits per heavy atom. The molecule has 120 valence electrons. The highest BCUT2D eigenvalue weighted by atomic mass is 16.5. The topological polar surface area (TPSA) is 77.8 Å². The second-order valence-electron chi connectivity index (χ2n) is 5.36. The number of nitrogens with one attached hydrogen (secondary N) is 1. The van der Waals surface area contributed by atoms with E-state index in [-0.39, 0.29) is 30.7 Å². The van der Waals surface area contributed by atoms with Gasteiger partial charge in [-0.05, 0) is 24.3 Å². The van der Waals surface area contributed by atoms with E-state index in [0.29, 0.717) is 22.8 Å². The van der Waals surface area contributed by atoms with Crippen molar-refractivity contribution < 1.29 is 23.5 Å². The summed E-state index contributed by atoms with van der Waals surface area (Å²) >= 11 is 0. The summed E-state index contributed by atoms with van der Waals surface area (Å²) in [5, 5.41) is 3.56. The van der Waals surface area contributed by atoms with Crippen LogP contribution >= 0.6 is 0 Å². The average molecular weight is 323 g/mol. The number of ether oxygens (including phenoxy) is 2. The first-order valence-corrected chi connectivity index (χ1v) is 7.40. The molecule has 0 spiro atoms. The van der Waals surface area contributed by atoms with E-state index in [1.165, 1.54) is 0 Å². The van der Waals surface area contributed by atoms with E-state index in [9.17, 15) is 9.59 Å². The third-order valence-corrected chi connectivity index (χ3v) is 3.65. The van der Waals surface area contributed by atoms with Gasteiger partial charge in [0.25, 0.3) is 5.91 Å². The lowest BCUT2D eigenvalue weighted by Gasteiger charge is -2.18. The lowest BCUT2D eigenvalue weighted by molar-refractivity contribution is -0.118. The number of furan rings is 1. The fourth-order valence-electron chi connectivity index (χ4n) is 2.49. The number of hydrogen-bond acceptors (Lipinski definition) is 5. The van der Waals surface area contributed by atoms with Gasteiger partial charge in [0.2, 0.25) is 5.78 Å². The van der Waals surface area contributed by atoms with Crippen LogP contribution in [0.3, 0.4) is 0 Å². The molecule has 3 aromatic rings. The summed E-state index contributed by atoms with van der Waals surface area (Å²) in [6, 6.07) is 14.1. The molecule has 0 saturated carbocycles. The van der Waals surface area contributed by atoms with Gasteiger partial charge in [0.05, 0.1) is 5.69 Å². The molecule has 1 aromatic heterocycles. The number of carbonyl (C=O) groups is 2. The van der Waals surface area contributed by atoms with Crippen LogP contribution in [0, 0.1) is 0 Å². The van der Waals surface area contributed by atoms with E-state index >= 15 is 0 Å². The zero-order valence-corrected chi connectivity index (χ0v) is 12.6. The molecular weight excluding hydrogens is 310 g/mol. The summed E-state index contributed by atoms with van der Waals surface area (Å²) in [6.07, 6.45) is 0. The molecule has 1 aliphatic heterocycles. The minimum atomic E-state index is -0.260. The van der Waals surface area contributed by atoms with Crippen molar-refractivity contribution in [1.82, 2.24) is 0 Å². The Morgan fingerprint density at radius 3 is 2.92 bits per heavy atom. The van der Waals surface area contributed by atoms with E-state index in [1.807, 2.05) is 18.2 Å². The van der Waals surface area contributed by atoms with E-state index in [2.05, 4.69) is 5.32 Å². The molecular formula is C18H13NO5. The van der Waals surface area contributed by atoms with E-state index in [1.54, 1.807) is 30.3 Å². The fraction of sp³-hybridized carbons (Fsp3) is 0.111. The molecule has 1 aliphatic rings. The molecule has 0 bridgehead atoms. The number of fused-ring (bicyclic) bond motifs is 2. The first-order chi connectivity index (χ1) is 11.7. The van der Waals surface area contributed by atoms with Crippen LogP contribution in [0.2, 0.25) is 0 Å². The van der Waals surface area contributed by atoms with Crippen LogP contribution in [0.25, 0.3) is 11.0 Å². The van der Waals surface area contributed by atoms with Crippen molar-refractivity contribution in [1.29, 1.82) is 0 Å². The predicted molar refractivity (Wildman–Crippen MR) is 86.6 cm³/mol. The van der Waals surface area contributed by atoms with Crippen LogP contribution in [0.5, 0.6) is 11.5 Å². The van der Waals surface area contributed by atoms with Gasteiger partial charge in [0, 0.05) is 11.5 Å². The Bertz CT molecular complexity index is 910. The third kappa shape index (κ3) is 2.69. The zero-order chi connectivity index (χ0) is 16.5. The molecule has 0 fully saturated rings. The van der Waals surface area contributed by atoms with Gasteiger partial charge in [-0.2, -0.15) is 0 Å². The Morgan fingerprint density at radius 2 is 2.04 bits per heavy atom. The van der Waals surface area contributed by atoms with Gasteiger partial charge in [-0.25, -0.2) is 0 Å². The highest BCUT2D eigenvalue weighted by molar-refractivity contribution is 5.98. The summed E-state index contributed by atoms with van der Waals surface area (Å²) in [7, 11) is 0. The zero-order valence-electron chi connectivity index (χ0n) is 12.6. The van der Waals surface area contributed by atoms with Gasteiger partial charge in [-0.1, -0.05) is 18.2 Å². The van der Waals surface area contributed by atoms with Gasteiger partial charge < -0.3 is 19.2 Å². The summed E-state index contributed by atoms with van der Waals surface area (Å²) < 4.78 is 16.3. The van der Waals surface area contributed by atoms with Crippen molar-refractivity contribution in [2.45, 2.75) is 0 Å². The SMILES string of the molecule is O=C1COc2ccc(OCC(=O)c3cc4ccccc4o3)cc2N1. The third-order valence-electron chi connectivity index (χ3n) is 3.65. The van der Waals surface area contributed by atoms with Gasteiger partial charge in [-0.3, -0.25) is 9.59 Å². The van der Waals surface area contributed by atoms with Gasteiger partial charge >= 0.3 is 0 Å². The van der Waals surface area contributed by atoms with Crippen LogP contribution in [0.1, 0.15) is 10.6 Å². The molecule has 2 aromatic carbocycles. The molecule has 0 aliphatic carbocycles. The largest absolute Gasteiger partial charge is 0.485 e. The molecule has 0 unspecified atom stereocenters. The van der Waals surface area contributed by atoms with E-state index in [0.717, 1.165) is 5.39 Å². The standard InChI is InChI=1S/C18H13NO5/c20-14(17-7-11-3-1-2-4-15(11)24-17)9-22-12-5-6-16-13(8-12)19-18(21)10-23-16/h1-8H,9-10H2,(H,19,21). The minimum absolute atomic E-state index is 0.00224. The van der Waals surface area contributed by atoms with Gasteiger partial charge in [-0.15, -0.1) is 0 Å². The minimum Gasteiger partial charge on any atom is -0.485 e. The number of anilines is 1. The molecule has 1 amide bonds. The molecule has 4 rings (SSSR count). The number of carbonyl (C=O) groups excluding carboxylic acids is 2. The molecule has 6 heteroatoms. The van der Waals surface area contributed by atoms with Crippen molar-refractivity contribution in [2.75, 3.05) is 18.5 Å². The summed E-state index contributed by atoms with van der Waals surface area (Å²) in [5.41, 5.74) is 1.19. The number of hydrogen-bond donors (Lipinski definition) is 1. The lowest BCUT2D eigenvalue weighted by Crippen LogP contribution is -2.25. The highest BCUT2D eigenvalue weighted by Gasteiger charge is 2.17. The summed E-state index contributed by atoms with van der Waals surface area (Å²) in [4.78, 5) is 23.5. The van der Waals surface area contributed by atoms with Gasteiger partial charge in [0.1, 0.15) is 17.1 Å². The van der Waals surface area contributed by atoms with Crippen LogP contribution < -0.4 is 14.8 Å². The first kappa shape index (κ1) is 14.3. The van der Waals surface area contributed by atoms with Crippen molar-refractivity contribution in [3.8, 4) is 11.5 Å². The Kier molecular flexibility index (Phi) is 3.42. The molecule has 0 radical (unpaired) electrons. The average Bonchev–Trinajstić information content (AvgIpc) is 3.03. The number of amides is 1. The maximum Gasteiger partial charge on any atom is 0.262 e. The van der Waals surface area contributed by atoms with Crippen molar-refractivity contribution in [3.63, 3.8) is 0 Å². The number of benzene rings is 2. The molecule has 2 heterocycles.